The van der Waals surface area contributed by atoms with E-state index in [9.17, 15) is 0 Å². The standard InChI is InChI=1S/C5H6N6S/c1-12-5-10-3(6)9-4-7-2-8-11(4)5/h2H,1H3,(H2,6,7,8,9). The molecule has 0 saturated heterocycles. The van der Waals surface area contributed by atoms with Crippen LogP contribution in [0.3, 0.4) is 0 Å². The van der Waals surface area contributed by atoms with Crippen molar-refractivity contribution in [2.75, 3.05) is 12.0 Å². The van der Waals surface area contributed by atoms with Gasteiger partial charge >= 0.3 is 0 Å². The number of fused-ring (bicyclic) bond motifs is 1. The van der Waals surface area contributed by atoms with Crippen molar-refractivity contribution in [1.82, 2.24) is 24.6 Å². The van der Waals surface area contributed by atoms with E-state index in [4.69, 9.17) is 5.73 Å². The van der Waals surface area contributed by atoms with E-state index in [2.05, 4.69) is 20.1 Å². The Morgan fingerprint density at radius 2 is 2.33 bits per heavy atom. The lowest BCUT2D eigenvalue weighted by molar-refractivity contribution is 0.777. The quantitative estimate of drug-likeness (QED) is 0.616. The van der Waals surface area contributed by atoms with Crippen LogP contribution in [0.4, 0.5) is 5.95 Å². The van der Waals surface area contributed by atoms with Crippen molar-refractivity contribution in [2.45, 2.75) is 5.16 Å². The molecule has 12 heavy (non-hydrogen) atoms. The normalized spacial score (nSPS) is 10.8. The lowest BCUT2D eigenvalue weighted by atomic mass is 10.9. The molecule has 0 fully saturated rings. The third-order valence-corrected chi connectivity index (χ3v) is 1.95. The Balaban J connectivity index is 2.80. The Hall–Kier alpha value is -1.37. The number of aromatic nitrogens is 5. The number of hydrogen-bond acceptors (Lipinski definition) is 6. The average molecular weight is 182 g/mol. The predicted molar refractivity (Wildman–Crippen MR) is 44.8 cm³/mol. The lowest BCUT2D eigenvalue weighted by Gasteiger charge is -1.98. The first-order valence-electron chi connectivity index (χ1n) is 3.18. The van der Waals surface area contributed by atoms with E-state index < -0.39 is 0 Å². The van der Waals surface area contributed by atoms with E-state index in [1.165, 1.54) is 18.1 Å². The monoisotopic (exact) mass is 182 g/mol. The molecule has 0 aliphatic carbocycles. The average Bonchev–Trinajstić information content (AvgIpc) is 2.50. The van der Waals surface area contributed by atoms with E-state index in [-0.39, 0.29) is 5.95 Å². The minimum Gasteiger partial charge on any atom is -0.368 e. The third-order valence-electron chi connectivity index (χ3n) is 1.32. The fraction of sp³-hybridized carbons (Fsp3) is 0.200. The first-order chi connectivity index (χ1) is 5.81. The molecule has 0 radical (unpaired) electrons. The molecule has 0 aliphatic rings. The summed E-state index contributed by atoms with van der Waals surface area (Å²) in [6, 6.07) is 0. The van der Waals surface area contributed by atoms with Gasteiger partial charge in [-0.25, -0.2) is 0 Å². The summed E-state index contributed by atoms with van der Waals surface area (Å²) in [6.45, 7) is 0. The molecule has 2 heterocycles. The molecule has 0 spiro atoms. The number of rotatable bonds is 1. The second kappa shape index (κ2) is 2.59. The largest absolute Gasteiger partial charge is 0.368 e. The fourth-order valence-electron chi connectivity index (χ4n) is 0.852. The highest BCUT2D eigenvalue weighted by Gasteiger charge is 2.04. The molecular formula is C5H6N6S. The summed E-state index contributed by atoms with van der Waals surface area (Å²) < 4.78 is 1.54. The third kappa shape index (κ3) is 0.981. The topological polar surface area (TPSA) is 82.0 Å². The van der Waals surface area contributed by atoms with Crippen LogP contribution >= 0.6 is 11.8 Å². The van der Waals surface area contributed by atoms with Crippen LogP contribution in [0.2, 0.25) is 0 Å². The van der Waals surface area contributed by atoms with E-state index in [1.54, 1.807) is 4.52 Å². The zero-order valence-corrected chi connectivity index (χ0v) is 7.12. The fourth-order valence-corrected chi connectivity index (χ4v) is 1.34. The molecule has 0 amide bonds. The minimum absolute atomic E-state index is 0.222. The van der Waals surface area contributed by atoms with Gasteiger partial charge in [-0.05, 0) is 6.26 Å². The molecular weight excluding hydrogens is 176 g/mol. The van der Waals surface area contributed by atoms with Crippen LogP contribution in [0, 0.1) is 0 Å². The first kappa shape index (κ1) is 7.29. The van der Waals surface area contributed by atoms with Gasteiger partial charge in [0, 0.05) is 0 Å². The van der Waals surface area contributed by atoms with Crippen molar-refractivity contribution in [2.24, 2.45) is 0 Å². The molecule has 0 aliphatic heterocycles. The summed E-state index contributed by atoms with van der Waals surface area (Å²) in [4.78, 5) is 11.8. The molecule has 0 atom stereocenters. The van der Waals surface area contributed by atoms with Gasteiger partial charge in [0.05, 0.1) is 0 Å². The number of nitrogen functional groups attached to an aromatic ring is 1. The van der Waals surface area contributed by atoms with Crippen molar-refractivity contribution >= 4 is 23.5 Å². The van der Waals surface area contributed by atoms with Crippen LogP contribution in [-0.4, -0.2) is 30.8 Å². The molecule has 0 bridgehead atoms. The maximum atomic E-state index is 5.44. The zero-order chi connectivity index (χ0) is 8.55. The Bertz CT molecular complexity index is 409. The van der Waals surface area contributed by atoms with Crippen molar-refractivity contribution in [3.63, 3.8) is 0 Å². The van der Waals surface area contributed by atoms with Gasteiger partial charge in [0.1, 0.15) is 6.33 Å². The van der Waals surface area contributed by atoms with Crippen LogP contribution in [0.25, 0.3) is 5.78 Å². The highest BCUT2D eigenvalue weighted by atomic mass is 32.2. The van der Waals surface area contributed by atoms with Crippen LogP contribution in [0.5, 0.6) is 0 Å². The van der Waals surface area contributed by atoms with E-state index in [0.29, 0.717) is 10.9 Å². The van der Waals surface area contributed by atoms with Crippen molar-refractivity contribution in [3.05, 3.63) is 6.33 Å². The number of hydrogen-bond donors (Lipinski definition) is 1. The summed E-state index contributed by atoms with van der Waals surface area (Å²) in [5.41, 5.74) is 5.44. The molecule has 6 nitrogen and oxygen atoms in total. The molecule has 0 saturated carbocycles. The number of anilines is 1. The van der Waals surface area contributed by atoms with Gasteiger partial charge in [0.15, 0.2) is 5.16 Å². The molecule has 2 aromatic rings. The summed E-state index contributed by atoms with van der Waals surface area (Å²) in [7, 11) is 0. The van der Waals surface area contributed by atoms with Crippen LogP contribution in [0.15, 0.2) is 11.5 Å². The minimum atomic E-state index is 0.222. The highest BCUT2D eigenvalue weighted by Crippen LogP contribution is 2.11. The van der Waals surface area contributed by atoms with Gasteiger partial charge < -0.3 is 5.73 Å². The van der Waals surface area contributed by atoms with Crippen molar-refractivity contribution in [1.29, 1.82) is 0 Å². The number of nitrogens with two attached hydrogens (primary N) is 1. The summed E-state index contributed by atoms with van der Waals surface area (Å²) >= 11 is 1.45. The lowest BCUT2D eigenvalue weighted by Crippen LogP contribution is -2.03. The Morgan fingerprint density at radius 1 is 1.50 bits per heavy atom. The van der Waals surface area contributed by atoms with E-state index in [0.717, 1.165) is 0 Å². The van der Waals surface area contributed by atoms with Gasteiger partial charge in [-0.2, -0.15) is 24.6 Å². The Kier molecular flexibility index (Phi) is 1.58. The number of thioether (sulfide) groups is 1. The van der Waals surface area contributed by atoms with Gasteiger partial charge in [-0.15, -0.1) is 0 Å². The SMILES string of the molecule is CSc1nc(N)nc2ncnn12. The Morgan fingerprint density at radius 3 is 3.08 bits per heavy atom. The molecule has 62 valence electrons. The molecule has 2 rings (SSSR count). The van der Waals surface area contributed by atoms with Crippen molar-refractivity contribution in [3.8, 4) is 0 Å². The van der Waals surface area contributed by atoms with Crippen LogP contribution in [-0.2, 0) is 0 Å². The Labute approximate surface area is 72.2 Å². The highest BCUT2D eigenvalue weighted by molar-refractivity contribution is 7.98. The molecule has 0 unspecified atom stereocenters. The molecule has 0 aromatic carbocycles. The van der Waals surface area contributed by atoms with Gasteiger partial charge in [0.2, 0.25) is 5.95 Å². The first-order valence-corrected chi connectivity index (χ1v) is 4.41. The molecule has 2 aromatic heterocycles. The van der Waals surface area contributed by atoms with Crippen LogP contribution in [0.1, 0.15) is 0 Å². The van der Waals surface area contributed by atoms with E-state index in [1.807, 2.05) is 6.26 Å². The zero-order valence-electron chi connectivity index (χ0n) is 6.30. The molecule has 7 heteroatoms. The van der Waals surface area contributed by atoms with Gasteiger partial charge in [0.25, 0.3) is 5.78 Å². The maximum Gasteiger partial charge on any atom is 0.257 e. The van der Waals surface area contributed by atoms with Gasteiger partial charge in [-0.1, -0.05) is 11.8 Å². The number of nitrogens with zero attached hydrogens (tertiary/aromatic N) is 5. The molecule has 2 N–H and O–H groups in total. The second-order valence-corrected chi connectivity index (χ2v) is 2.81. The van der Waals surface area contributed by atoms with Gasteiger partial charge in [-0.3, -0.25) is 0 Å². The predicted octanol–water partition coefficient (Wildman–Crippen LogP) is -0.177. The van der Waals surface area contributed by atoms with Crippen LogP contribution < -0.4 is 5.73 Å². The van der Waals surface area contributed by atoms with Crippen molar-refractivity contribution < 1.29 is 0 Å². The maximum absolute atomic E-state index is 5.44. The van der Waals surface area contributed by atoms with E-state index >= 15 is 0 Å². The summed E-state index contributed by atoms with van der Waals surface area (Å²) in [5.74, 6) is 0.701. The second-order valence-electron chi connectivity index (χ2n) is 2.04. The smallest absolute Gasteiger partial charge is 0.257 e. The summed E-state index contributed by atoms with van der Waals surface area (Å²) in [5, 5.41) is 4.62. The summed E-state index contributed by atoms with van der Waals surface area (Å²) in [6.07, 6.45) is 3.31.